The van der Waals surface area contributed by atoms with Crippen LogP contribution < -0.4 is 0 Å². The number of amides is 2. The summed E-state index contributed by atoms with van der Waals surface area (Å²) in [6.07, 6.45) is 10.2. The highest BCUT2D eigenvalue weighted by Crippen LogP contribution is 2.32. The highest BCUT2D eigenvalue weighted by atomic mass is 16.6. The number of hydrogen-bond donors (Lipinski definition) is 1. The van der Waals surface area contributed by atoms with E-state index in [1.807, 2.05) is 84.3 Å². The molecule has 0 atom stereocenters. The first-order chi connectivity index (χ1) is 22.7. The molecule has 47 heavy (non-hydrogen) atoms. The van der Waals surface area contributed by atoms with E-state index in [1.54, 1.807) is 7.11 Å². The van der Waals surface area contributed by atoms with Crippen molar-refractivity contribution in [3.05, 3.63) is 71.8 Å². The number of methoxy groups -OCH3 is 1. The lowest BCUT2D eigenvalue weighted by Crippen LogP contribution is -2.46. The molecule has 0 bridgehead atoms. The van der Waals surface area contributed by atoms with Crippen molar-refractivity contribution in [2.45, 2.75) is 129 Å². The van der Waals surface area contributed by atoms with Crippen molar-refractivity contribution in [3.8, 4) is 0 Å². The van der Waals surface area contributed by atoms with Crippen LogP contribution in [0.2, 0.25) is 0 Å². The summed E-state index contributed by atoms with van der Waals surface area (Å²) in [6.45, 7) is 9.99. The molecule has 2 aliphatic rings. The molecule has 0 aromatic heterocycles. The SMILES string of the molecule is CC(C)N(C(=O)OCc1ccccc1)C1CCC(CCO)CC1.COCCC1CCC(N(C(=O)OCc2ccccc2)C(C)C)CC1. The highest BCUT2D eigenvalue weighted by Gasteiger charge is 2.32. The fraction of sp³-hybridized carbons (Fsp3) is 0.641. The van der Waals surface area contributed by atoms with Crippen LogP contribution >= 0.6 is 0 Å². The smallest absolute Gasteiger partial charge is 0.410 e. The van der Waals surface area contributed by atoms with Gasteiger partial charge in [-0.2, -0.15) is 0 Å². The zero-order valence-electron chi connectivity index (χ0n) is 29.5. The van der Waals surface area contributed by atoms with Crippen LogP contribution in [-0.4, -0.2) is 71.6 Å². The summed E-state index contributed by atoms with van der Waals surface area (Å²) in [4.78, 5) is 29.0. The quantitative estimate of drug-likeness (QED) is 0.233. The van der Waals surface area contributed by atoms with Crippen molar-refractivity contribution in [2.75, 3.05) is 20.3 Å². The molecule has 2 aromatic rings. The molecule has 1 N–H and O–H groups in total. The van der Waals surface area contributed by atoms with E-state index >= 15 is 0 Å². The Labute approximate surface area is 283 Å². The van der Waals surface area contributed by atoms with Gasteiger partial charge < -0.3 is 29.1 Å². The van der Waals surface area contributed by atoms with Crippen LogP contribution in [0.5, 0.6) is 0 Å². The van der Waals surface area contributed by atoms with E-state index in [0.717, 1.165) is 75.0 Å². The van der Waals surface area contributed by atoms with Gasteiger partial charge in [0, 0.05) is 44.5 Å². The van der Waals surface area contributed by atoms with Gasteiger partial charge in [-0.15, -0.1) is 0 Å². The third-order valence-corrected chi connectivity index (χ3v) is 9.63. The van der Waals surface area contributed by atoms with Gasteiger partial charge in [0.05, 0.1) is 0 Å². The van der Waals surface area contributed by atoms with Crippen LogP contribution in [0.3, 0.4) is 0 Å². The first kappa shape index (κ1) is 38.3. The second-order valence-electron chi connectivity index (χ2n) is 13.7. The number of aliphatic hydroxyl groups excluding tert-OH is 1. The topological polar surface area (TPSA) is 88.5 Å². The van der Waals surface area contributed by atoms with Gasteiger partial charge >= 0.3 is 12.2 Å². The molecule has 0 aliphatic heterocycles. The van der Waals surface area contributed by atoms with Crippen molar-refractivity contribution in [1.29, 1.82) is 0 Å². The second-order valence-corrected chi connectivity index (χ2v) is 13.7. The highest BCUT2D eigenvalue weighted by molar-refractivity contribution is 5.69. The lowest BCUT2D eigenvalue weighted by atomic mass is 9.83. The van der Waals surface area contributed by atoms with Crippen LogP contribution in [0.4, 0.5) is 9.59 Å². The number of nitrogens with zero attached hydrogens (tertiary/aromatic N) is 2. The maximum Gasteiger partial charge on any atom is 0.410 e. The van der Waals surface area contributed by atoms with Crippen LogP contribution in [0.15, 0.2) is 60.7 Å². The van der Waals surface area contributed by atoms with Gasteiger partial charge in [-0.25, -0.2) is 9.59 Å². The molecule has 0 heterocycles. The third-order valence-electron chi connectivity index (χ3n) is 9.63. The fourth-order valence-electron chi connectivity index (χ4n) is 7.04. The average Bonchev–Trinajstić information content (AvgIpc) is 3.08. The number of hydrogen-bond acceptors (Lipinski definition) is 6. The van der Waals surface area contributed by atoms with Gasteiger partial charge in [0.1, 0.15) is 13.2 Å². The predicted octanol–water partition coefficient (Wildman–Crippen LogP) is 8.60. The molecule has 8 heteroatoms. The predicted molar refractivity (Wildman–Crippen MR) is 187 cm³/mol. The first-order valence-electron chi connectivity index (χ1n) is 17.8. The van der Waals surface area contributed by atoms with E-state index in [4.69, 9.17) is 19.3 Å². The average molecular weight is 653 g/mol. The van der Waals surface area contributed by atoms with E-state index in [-0.39, 0.29) is 36.9 Å². The molecule has 8 nitrogen and oxygen atoms in total. The first-order valence-corrected chi connectivity index (χ1v) is 17.8. The Balaban J connectivity index is 0.000000256. The molecule has 4 rings (SSSR count). The molecule has 2 aromatic carbocycles. The second kappa shape index (κ2) is 21.0. The van der Waals surface area contributed by atoms with Crippen LogP contribution in [0.25, 0.3) is 0 Å². The standard InChI is InChI=1S/C20H31NO3.C19H29NO3/c1-16(2)21(19-11-9-17(10-12-19)13-14-23-3)20(22)24-15-18-7-5-4-6-8-18;1-15(2)20(18-10-8-16(9-11-18)12-13-21)19(22)23-14-17-6-4-3-5-7-17/h4-8,16-17,19H,9-15H2,1-3H3;3-7,15-16,18,21H,8-14H2,1-2H3. The molecule has 0 unspecified atom stereocenters. The molecule has 0 saturated heterocycles. The minimum absolute atomic E-state index is 0.137. The lowest BCUT2D eigenvalue weighted by Gasteiger charge is -2.38. The minimum Gasteiger partial charge on any atom is -0.445 e. The maximum atomic E-state index is 12.6. The van der Waals surface area contributed by atoms with Gasteiger partial charge in [0.15, 0.2) is 0 Å². The summed E-state index contributed by atoms with van der Waals surface area (Å²) in [5.74, 6) is 1.33. The Hall–Kier alpha value is -3.10. The summed E-state index contributed by atoms with van der Waals surface area (Å²) in [6, 6.07) is 20.5. The summed E-state index contributed by atoms with van der Waals surface area (Å²) < 4.78 is 16.3. The monoisotopic (exact) mass is 652 g/mol. The Bertz CT molecular complexity index is 1130. The van der Waals surface area contributed by atoms with Crippen molar-refractivity contribution >= 4 is 12.2 Å². The van der Waals surface area contributed by atoms with Crippen molar-refractivity contribution < 1.29 is 28.9 Å². The normalized spacial score (nSPS) is 21.0. The summed E-state index contributed by atoms with van der Waals surface area (Å²) >= 11 is 0. The lowest BCUT2D eigenvalue weighted by molar-refractivity contribution is 0.0507. The Morgan fingerprint density at radius 3 is 1.38 bits per heavy atom. The van der Waals surface area contributed by atoms with Gasteiger partial charge in [-0.05, 0) is 115 Å². The zero-order valence-corrected chi connectivity index (χ0v) is 29.5. The van der Waals surface area contributed by atoms with E-state index in [9.17, 15) is 9.59 Å². The van der Waals surface area contributed by atoms with Gasteiger partial charge in [-0.1, -0.05) is 60.7 Å². The molecule has 0 radical (unpaired) electrons. The minimum atomic E-state index is -0.213. The Kier molecular flexibility index (Phi) is 17.1. The number of carbonyl (C=O) groups excluding carboxylic acids is 2. The Morgan fingerprint density at radius 1 is 0.660 bits per heavy atom. The summed E-state index contributed by atoms with van der Waals surface area (Å²) in [5, 5.41) is 9.06. The molecular weight excluding hydrogens is 592 g/mol. The summed E-state index contributed by atoms with van der Waals surface area (Å²) in [7, 11) is 1.76. The zero-order chi connectivity index (χ0) is 34.0. The van der Waals surface area contributed by atoms with E-state index in [1.165, 1.54) is 12.8 Å². The Morgan fingerprint density at radius 2 is 1.04 bits per heavy atom. The molecule has 2 amide bonds. The molecule has 0 spiro atoms. The van der Waals surface area contributed by atoms with Gasteiger partial charge in [0.25, 0.3) is 0 Å². The van der Waals surface area contributed by atoms with Crippen LogP contribution in [-0.2, 0) is 27.4 Å². The third kappa shape index (κ3) is 13.1. The van der Waals surface area contributed by atoms with E-state index in [0.29, 0.717) is 25.2 Å². The molecular formula is C39H60N2O6. The molecule has 2 aliphatic carbocycles. The van der Waals surface area contributed by atoms with Crippen LogP contribution in [0, 0.1) is 11.8 Å². The van der Waals surface area contributed by atoms with Gasteiger partial charge in [-0.3, -0.25) is 0 Å². The summed E-state index contributed by atoms with van der Waals surface area (Å²) in [5.41, 5.74) is 2.04. The van der Waals surface area contributed by atoms with E-state index in [2.05, 4.69) is 13.8 Å². The molecule has 2 saturated carbocycles. The number of carbonyl (C=O) groups is 2. The molecule has 2 fully saturated rings. The van der Waals surface area contributed by atoms with E-state index < -0.39 is 0 Å². The number of benzene rings is 2. The van der Waals surface area contributed by atoms with Gasteiger partial charge in [0.2, 0.25) is 0 Å². The molecule has 262 valence electrons. The number of rotatable bonds is 13. The van der Waals surface area contributed by atoms with Crippen LogP contribution in [0.1, 0.15) is 103 Å². The van der Waals surface area contributed by atoms with Crippen molar-refractivity contribution in [3.63, 3.8) is 0 Å². The fourth-order valence-corrected chi connectivity index (χ4v) is 7.04. The largest absolute Gasteiger partial charge is 0.445 e. The van der Waals surface area contributed by atoms with Crippen molar-refractivity contribution in [1.82, 2.24) is 9.80 Å². The number of ether oxygens (including phenoxy) is 3. The van der Waals surface area contributed by atoms with Crippen molar-refractivity contribution in [2.24, 2.45) is 11.8 Å². The maximum absolute atomic E-state index is 12.6. The number of aliphatic hydroxyl groups is 1.